The summed E-state index contributed by atoms with van der Waals surface area (Å²) < 4.78 is 4.51. The summed E-state index contributed by atoms with van der Waals surface area (Å²) in [7, 11) is 0. The lowest BCUT2D eigenvalue weighted by Gasteiger charge is -2.35. The Labute approximate surface area is 152 Å². The maximum Gasteiger partial charge on any atom is 0.225 e. The van der Waals surface area contributed by atoms with Gasteiger partial charge in [-0.2, -0.15) is 4.37 Å². The van der Waals surface area contributed by atoms with E-state index in [1.807, 2.05) is 18.2 Å². The van der Waals surface area contributed by atoms with Crippen molar-refractivity contribution >= 4 is 22.6 Å². The fourth-order valence-electron chi connectivity index (χ4n) is 3.77. The molecular formula is C19H24N4OS. The van der Waals surface area contributed by atoms with Gasteiger partial charge in [0.25, 0.3) is 0 Å². The highest BCUT2D eigenvalue weighted by molar-refractivity contribution is 7.09. The second-order valence-corrected chi connectivity index (χ2v) is 7.68. The van der Waals surface area contributed by atoms with Gasteiger partial charge >= 0.3 is 0 Å². The van der Waals surface area contributed by atoms with Gasteiger partial charge in [0, 0.05) is 50.1 Å². The minimum atomic E-state index is 0.283. The summed E-state index contributed by atoms with van der Waals surface area (Å²) in [6.07, 6.45) is 5.37. The molecule has 2 aromatic rings. The Morgan fingerprint density at radius 1 is 1.08 bits per heavy atom. The normalized spacial score (nSPS) is 18.7. The standard InChI is InChI=1S/C19H24N4OS/c24-18(16-8-4-5-9-16)22-10-12-23(13-11-22)19-20-17(21-25-19)14-15-6-2-1-3-7-15/h1-3,6-7,16H,4-5,8-14H2. The van der Waals surface area contributed by atoms with Gasteiger partial charge in [0.1, 0.15) is 5.82 Å². The summed E-state index contributed by atoms with van der Waals surface area (Å²) in [4.78, 5) is 21.6. The monoisotopic (exact) mass is 356 g/mol. The molecule has 0 N–H and O–H groups in total. The van der Waals surface area contributed by atoms with E-state index in [1.165, 1.54) is 29.9 Å². The molecule has 0 spiro atoms. The third-order valence-electron chi connectivity index (χ3n) is 5.23. The van der Waals surface area contributed by atoms with Gasteiger partial charge in [-0.25, -0.2) is 4.98 Å². The van der Waals surface area contributed by atoms with E-state index in [2.05, 4.69) is 26.3 Å². The van der Waals surface area contributed by atoms with Crippen molar-refractivity contribution in [1.29, 1.82) is 0 Å². The molecule has 4 rings (SSSR count). The molecule has 1 aromatic carbocycles. The Hall–Kier alpha value is -1.95. The van der Waals surface area contributed by atoms with Crippen molar-refractivity contribution in [2.45, 2.75) is 32.1 Å². The molecule has 0 unspecified atom stereocenters. The van der Waals surface area contributed by atoms with Crippen LogP contribution < -0.4 is 4.90 Å². The maximum atomic E-state index is 12.5. The first kappa shape index (κ1) is 16.5. The number of aromatic nitrogens is 2. The van der Waals surface area contributed by atoms with Crippen LogP contribution in [0.25, 0.3) is 0 Å². The smallest absolute Gasteiger partial charge is 0.225 e. The molecule has 1 saturated carbocycles. The van der Waals surface area contributed by atoms with Crippen LogP contribution in [-0.2, 0) is 11.2 Å². The summed E-state index contributed by atoms with van der Waals surface area (Å²) in [5.74, 6) is 1.54. The number of piperazine rings is 1. The Kier molecular flexibility index (Phi) is 4.97. The van der Waals surface area contributed by atoms with Gasteiger partial charge in [-0.15, -0.1) is 0 Å². The van der Waals surface area contributed by atoms with Gasteiger partial charge < -0.3 is 9.80 Å². The van der Waals surface area contributed by atoms with E-state index in [9.17, 15) is 4.79 Å². The minimum Gasteiger partial charge on any atom is -0.343 e. The SMILES string of the molecule is O=C(C1CCCC1)N1CCN(c2nc(Cc3ccccc3)ns2)CC1. The summed E-state index contributed by atoms with van der Waals surface area (Å²) in [5, 5.41) is 0.985. The van der Waals surface area contributed by atoms with E-state index >= 15 is 0 Å². The largest absolute Gasteiger partial charge is 0.343 e. The molecule has 1 saturated heterocycles. The summed E-state index contributed by atoms with van der Waals surface area (Å²) in [5.41, 5.74) is 1.24. The van der Waals surface area contributed by atoms with Gasteiger partial charge in [-0.3, -0.25) is 4.79 Å². The third-order valence-corrected chi connectivity index (χ3v) is 6.04. The number of amides is 1. The number of nitrogens with zero attached hydrogens (tertiary/aromatic N) is 4. The number of carbonyl (C=O) groups is 1. The number of hydrogen-bond donors (Lipinski definition) is 0. The van der Waals surface area contributed by atoms with Crippen LogP contribution in [0.1, 0.15) is 37.1 Å². The zero-order valence-electron chi connectivity index (χ0n) is 14.4. The molecule has 2 aliphatic rings. The van der Waals surface area contributed by atoms with Gasteiger partial charge in [0.15, 0.2) is 0 Å². The highest BCUT2D eigenvalue weighted by atomic mass is 32.1. The zero-order valence-corrected chi connectivity index (χ0v) is 15.2. The van der Waals surface area contributed by atoms with Crippen LogP contribution in [-0.4, -0.2) is 46.3 Å². The van der Waals surface area contributed by atoms with Crippen molar-refractivity contribution in [3.63, 3.8) is 0 Å². The van der Waals surface area contributed by atoms with E-state index in [0.29, 0.717) is 5.91 Å². The first-order chi connectivity index (χ1) is 12.3. The van der Waals surface area contributed by atoms with E-state index in [1.54, 1.807) is 0 Å². The minimum absolute atomic E-state index is 0.283. The van der Waals surface area contributed by atoms with Crippen molar-refractivity contribution in [2.75, 3.05) is 31.1 Å². The molecular weight excluding hydrogens is 332 g/mol. The molecule has 2 fully saturated rings. The number of anilines is 1. The molecule has 0 atom stereocenters. The first-order valence-corrected chi connectivity index (χ1v) is 9.97. The number of rotatable bonds is 4. The van der Waals surface area contributed by atoms with Crippen LogP contribution in [0.2, 0.25) is 0 Å². The maximum absolute atomic E-state index is 12.5. The highest BCUT2D eigenvalue weighted by Gasteiger charge is 2.30. The van der Waals surface area contributed by atoms with Gasteiger partial charge in [-0.1, -0.05) is 43.2 Å². The quantitative estimate of drug-likeness (QED) is 0.845. The van der Waals surface area contributed by atoms with E-state index in [0.717, 1.165) is 56.4 Å². The van der Waals surface area contributed by atoms with Crippen molar-refractivity contribution in [3.05, 3.63) is 41.7 Å². The van der Waals surface area contributed by atoms with Crippen LogP contribution >= 0.6 is 11.5 Å². The summed E-state index contributed by atoms with van der Waals surface area (Å²) >= 11 is 1.47. The number of hydrogen-bond acceptors (Lipinski definition) is 5. The zero-order chi connectivity index (χ0) is 17.1. The lowest BCUT2D eigenvalue weighted by atomic mass is 10.1. The van der Waals surface area contributed by atoms with Crippen molar-refractivity contribution < 1.29 is 4.79 Å². The first-order valence-electron chi connectivity index (χ1n) is 9.20. The molecule has 25 heavy (non-hydrogen) atoms. The average molecular weight is 356 g/mol. The molecule has 1 aromatic heterocycles. The summed E-state index contributed by atoms with van der Waals surface area (Å²) in [6, 6.07) is 10.3. The average Bonchev–Trinajstić information content (AvgIpc) is 3.34. The van der Waals surface area contributed by atoms with E-state index in [-0.39, 0.29) is 5.92 Å². The van der Waals surface area contributed by atoms with Crippen molar-refractivity contribution in [1.82, 2.24) is 14.3 Å². The second-order valence-electron chi connectivity index (χ2n) is 6.95. The predicted molar refractivity (Wildman–Crippen MR) is 99.9 cm³/mol. The fourth-order valence-corrected chi connectivity index (χ4v) is 4.51. The molecule has 132 valence electrons. The molecule has 0 radical (unpaired) electrons. The van der Waals surface area contributed by atoms with Gasteiger partial charge in [-0.05, 0) is 18.4 Å². The fraction of sp³-hybridized carbons (Fsp3) is 0.526. The van der Waals surface area contributed by atoms with Crippen LogP contribution in [0.3, 0.4) is 0 Å². The molecule has 2 heterocycles. The number of benzene rings is 1. The van der Waals surface area contributed by atoms with Crippen LogP contribution in [0, 0.1) is 5.92 Å². The Morgan fingerprint density at radius 2 is 1.80 bits per heavy atom. The second kappa shape index (κ2) is 7.52. The Bertz CT molecular complexity index is 703. The Balaban J connectivity index is 1.32. The molecule has 6 heteroatoms. The van der Waals surface area contributed by atoms with E-state index in [4.69, 9.17) is 4.98 Å². The van der Waals surface area contributed by atoms with Gasteiger partial charge in [0.05, 0.1) is 0 Å². The van der Waals surface area contributed by atoms with Crippen molar-refractivity contribution in [2.24, 2.45) is 5.92 Å². The predicted octanol–water partition coefficient (Wildman–Crippen LogP) is 2.97. The van der Waals surface area contributed by atoms with E-state index < -0.39 is 0 Å². The molecule has 1 aliphatic heterocycles. The molecule has 0 bridgehead atoms. The van der Waals surface area contributed by atoms with Crippen LogP contribution in [0.15, 0.2) is 30.3 Å². The van der Waals surface area contributed by atoms with Crippen LogP contribution in [0.4, 0.5) is 5.13 Å². The van der Waals surface area contributed by atoms with Crippen LogP contribution in [0.5, 0.6) is 0 Å². The molecule has 1 amide bonds. The van der Waals surface area contributed by atoms with Gasteiger partial charge in [0.2, 0.25) is 11.0 Å². The number of carbonyl (C=O) groups excluding carboxylic acids is 1. The topological polar surface area (TPSA) is 49.3 Å². The lowest BCUT2D eigenvalue weighted by molar-refractivity contribution is -0.135. The van der Waals surface area contributed by atoms with Crippen molar-refractivity contribution in [3.8, 4) is 0 Å². The summed E-state index contributed by atoms with van der Waals surface area (Å²) in [6.45, 7) is 3.34. The molecule has 5 nitrogen and oxygen atoms in total. The third kappa shape index (κ3) is 3.84. The molecule has 1 aliphatic carbocycles. The highest BCUT2D eigenvalue weighted by Crippen LogP contribution is 2.27. The lowest BCUT2D eigenvalue weighted by Crippen LogP contribution is -2.50. The Morgan fingerprint density at radius 3 is 2.52 bits per heavy atom.